The molecule has 5 nitrogen and oxygen atoms in total. The zero-order chi connectivity index (χ0) is 13.5. The Morgan fingerprint density at radius 1 is 1.50 bits per heavy atom. The summed E-state index contributed by atoms with van der Waals surface area (Å²) in [6.07, 6.45) is 7.42. The number of hydrogen-bond acceptors (Lipinski definition) is 5. The predicted octanol–water partition coefficient (Wildman–Crippen LogP) is 1.93. The molecule has 0 bridgehead atoms. The summed E-state index contributed by atoms with van der Waals surface area (Å²) in [6.45, 7) is 0. The van der Waals surface area contributed by atoms with E-state index in [4.69, 9.17) is 16.1 Å². The number of hydrogen-bond donors (Lipinski definition) is 4. The standard InChI is InChI=1S/C12H12BrN5/c1-17-6-10(5-16)8-2-11(13)12(18-7-8)9(3-14)4-15/h2-3,5-7,14,16-18H,1H3/b10-6+,12-9+,14-3?,16-5?. The Hall–Kier alpha value is -2.13. The van der Waals surface area contributed by atoms with Gasteiger partial charge in [0.15, 0.2) is 0 Å². The molecule has 1 aliphatic heterocycles. The van der Waals surface area contributed by atoms with E-state index in [2.05, 4.69) is 26.6 Å². The number of rotatable bonds is 4. The van der Waals surface area contributed by atoms with Gasteiger partial charge in [0.1, 0.15) is 6.07 Å². The predicted molar refractivity (Wildman–Crippen MR) is 75.6 cm³/mol. The van der Waals surface area contributed by atoms with Gasteiger partial charge in [-0.2, -0.15) is 5.26 Å². The Balaban J connectivity index is 3.15. The SMILES string of the molecule is CN/C=C(\C=N)C1=CN/C(=C(/C#N)C=N)C(Br)=C1. The summed E-state index contributed by atoms with van der Waals surface area (Å²) in [5, 5.41) is 29.2. The van der Waals surface area contributed by atoms with Crippen molar-refractivity contribution in [3.63, 3.8) is 0 Å². The first-order valence-electron chi connectivity index (χ1n) is 5.05. The number of nitrogens with zero attached hydrogens (tertiary/aromatic N) is 1. The van der Waals surface area contributed by atoms with E-state index < -0.39 is 0 Å². The van der Waals surface area contributed by atoms with Crippen LogP contribution in [0.2, 0.25) is 0 Å². The molecule has 0 saturated carbocycles. The fourth-order valence-electron chi connectivity index (χ4n) is 1.37. The Kier molecular flexibility index (Phi) is 5.08. The van der Waals surface area contributed by atoms with Crippen LogP contribution in [0.5, 0.6) is 0 Å². The second-order valence-corrected chi connectivity index (χ2v) is 4.17. The van der Waals surface area contributed by atoms with Crippen LogP contribution in [0.1, 0.15) is 0 Å². The first kappa shape index (κ1) is 13.9. The number of halogens is 1. The minimum absolute atomic E-state index is 0.238. The summed E-state index contributed by atoms with van der Waals surface area (Å²) in [5.74, 6) is 0. The van der Waals surface area contributed by atoms with Gasteiger partial charge < -0.3 is 21.5 Å². The first-order valence-corrected chi connectivity index (χ1v) is 5.84. The molecular weight excluding hydrogens is 294 g/mol. The van der Waals surface area contributed by atoms with Gasteiger partial charge in [0.25, 0.3) is 0 Å². The van der Waals surface area contributed by atoms with E-state index in [1.54, 1.807) is 25.5 Å². The molecule has 0 saturated heterocycles. The zero-order valence-corrected chi connectivity index (χ0v) is 11.3. The lowest BCUT2D eigenvalue weighted by molar-refractivity contribution is 1.05. The molecule has 4 N–H and O–H groups in total. The third-order valence-electron chi connectivity index (χ3n) is 2.22. The summed E-state index contributed by atoms with van der Waals surface area (Å²) in [6, 6.07) is 1.94. The van der Waals surface area contributed by atoms with Gasteiger partial charge >= 0.3 is 0 Å². The van der Waals surface area contributed by atoms with Crippen molar-refractivity contribution in [1.29, 1.82) is 16.1 Å². The molecule has 18 heavy (non-hydrogen) atoms. The summed E-state index contributed by atoms with van der Waals surface area (Å²) >= 11 is 3.35. The normalized spacial score (nSPS) is 17.7. The van der Waals surface area contributed by atoms with Gasteiger partial charge in [-0.1, -0.05) is 0 Å². The van der Waals surface area contributed by atoms with E-state index in [1.807, 2.05) is 6.07 Å². The van der Waals surface area contributed by atoms with E-state index in [1.165, 1.54) is 6.21 Å². The number of nitrogens with one attached hydrogen (secondary N) is 4. The van der Waals surface area contributed by atoms with E-state index in [9.17, 15) is 0 Å². The second-order valence-electron chi connectivity index (χ2n) is 3.31. The van der Waals surface area contributed by atoms with Crippen molar-refractivity contribution in [2.24, 2.45) is 0 Å². The monoisotopic (exact) mass is 305 g/mol. The lowest BCUT2D eigenvalue weighted by Gasteiger charge is -2.16. The van der Waals surface area contributed by atoms with E-state index >= 15 is 0 Å². The molecule has 6 heteroatoms. The number of dihydropyridines is 1. The van der Waals surface area contributed by atoms with Crippen LogP contribution in [-0.4, -0.2) is 19.5 Å². The van der Waals surface area contributed by atoms with Crippen molar-refractivity contribution in [3.05, 3.63) is 45.4 Å². The molecule has 0 amide bonds. The van der Waals surface area contributed by atoms with Crippen LogP contribution in [0, 0.1) is 22.1 Å². The average Bonchev–Trinajstić information content (AvgIpc) is 2.39. The Labute approximate surface area is 114 Å². The van der Waals surface area contributed by atoms with Gasteiger partial charge in [0.2, 0.25) is 0 Å². The van der Waals surface area contributed by atoms with E-state index in [0.29, 0.717) is 15.8 Å². The first-order chi connectivity index (χ1) is 8.67. The van der Waals surface area contributed by atoms with Crippen LogP contribution in [0.25, 0.3) is 0 Å². The Morgan fingerprint density at radius 2 is 2.22 bits per heavy atom. The summed E-state index contributed by atoms with van der Waals surface area (Å²) < 4.78 is 0.670. The van der Waals surface area contributed by atoms with Gasteiger partial charge in [0.05, 0.1) is 11.3 Å². The van der Waals surface area contributed by atoms with Gasteiger partial charge in [-0.25, -0.2) is 0 Å². The molecule has 0 aromatic heterocycles. The third kappa shape index (κ3) is 2.96. The van der Waals surface area contributed by atoms with Crippen molar-refractivity contribution in [2.75, 3.05) is 7.05 Å². The van der Waals surface area contributed by atoms with E-state index in [0.717, 1.165) is 11.8 Å². The van der Waals surface area contributed by atoms with E-state index in [-0.39, 0.29) is 5.57 Å². The van der Waals surface area contributed by atoms with Crippen molar-refractivity contribution < 1.29 is 0 Å². The average molecular weight is 306 g/mol. The molecule has 1 heterocycles. The minimum Gasteiger partial charge on any atom is -0.393 e. The molecule has 0 aliphatic carbocycles. The fraction of sp³-hybridized carbons (Fsp3) is 0.0833. The quantitative estimate of drug-likeness (QED) is 0.472. The number of allylic oxidation sites excluding steroid dienone is 5. The molecule has 0 fully saturated rings. The third-order valence-corrected chi connectivity index (χ3v) is 2.84. The van der Waals surface area contributed by atoms with Crippen molar-refractivity contribution in [3.8, 4) is 6.07 Å². The molecule has 0 atom stereocenters. The van der Waals surface area contributed by atoms with Crippen LogP contribution in [0.15, 0.2) is 45.4 Å². The Morgan fingerprint density at radius 3 is 2.67 bits per heavy atom. The van der Waals surface area contributed by atoms with Gasteiger partial charge in [-0.15, -0.1) is 0 Å². The minimum atomic E-state index is 0.238. The number of nitriles is 1. The van der Waals surface area contributed by atoms with Crippen molar-refractivity contribution in [2.45, 2.75) is 0 Å². The van der Waals surface area contributed by atoms with Crippen LogP contribution in [0.3, 0.4) is 0 Å². The smallest absolute Gasteiger partial charge is 0.103 e. The van der Waals surface area contributed by atoms with Crippen LogP contribution >= 0.6 is 15.9 Å². The Bertz CT molecular complexity index is 531. The van der Waals surface area contributed by atoms with Crippen molar-refractivity contribution >= 4 is 28.4 Å². The van der Waals surface area contributed by atoms with Crippen LogP contribution in [0.4, 0.5) is 0 Å². The maximum Gasteiger partial charge on any atom is 0.103 e. The second kappa shape index (κ2) is 6.57. The zero-order valence-electron chi connectivity index (χ0n) is 9.71. The summed E-state index contributed by atoms with van der Waals surface area (Å²) in [4.78, 5) is 0. The maximum absolute atomic E-state index is 8.88. The molecule has 1 rings (SSSR count). The highest BCUT2D eigenvalue weighted by atomic mass is 79.9. The molecule has 0 radical (unpaired) electrons. The molecular formula is C12H12BrN5. The molecule has 0 aromatic carbocycles. The molecule has 0 unspecified atom stereocenters. The molecule has 1 aliphatic rings. The highest BCUT2D eigenvalue weighted by Crippen LogP contribution is 2.25. The van der Waals surface area contributed by atoms with Gasteiger partial charge in [-0.3, -0.25) is 0 Å². The maximum atomic E-state index is 8.88. The highest BCUT2D eigenvalue weighted by molar-refractivity contribution is 9.12. The summed E-state index contributed by atoms with van der Waals surface area (Å²) in [5.41, 5.74) is 2.29. The topological polar surface area (TPSA) is 95.6 Å². The van der Waals surface area contributed by atoms with Crippen LogP contribution < -0.4 is 10.6 Å². The molecule has 92 valence electrons. The van der Waals surface area contributed by atoms with Gasteiger partial charge in [-0.05, 0) is 22.0 Å². The highest BCUT2D eigenvalue weighted by Gasteiger charge is 2.13. The summed E-state index contributed by atoms with van der Waals surface area (Å²) in [7, 11) is 1.76. The van der Waals surface area contributed by atoms with Gasteiger partial charge in [0, 0.05) is 47.5 Å². The van der Waals surface area contributed by atoms with Crippen molar-refractivity contribution in [1.82, 2.24) is 10.6 Å². The largest absolute Gasteiger partial charge is 0.393 e. The fourth-order valence-corrected chi connectivity index (χ4v) is 1.94. The lowest BCUT2D eigenvalue weighted by atomic mass is 10.0. The molecule has 0 spiro atoms. The lowest BCUT2D eigenvalue weighted by Crippen LogP contribution is -2.15. The van der Waals surface area contributed by atoms with Crippen LogP contribution in [-0.2, 0) is 0 Å². The molecule has 0 aromatic rings.